The number of nitrogens with zero attached hydrogens (tertiary/aromatic N) is 2. The fraction of sp³-hybridized carbons (Fsp3) is 0.375. The van der Waals surface area contributed by atoms with Gasteiger partial charge in [0.15, 0.2) is 11.5 Å². The molecule has 0 amide bonds. The van der Waals surface area contributed by atoms with Crippen molar-refractivity contribution in [2.24, 2.45) is 0 Å². The van der Waals surface area contributed by atoms with E-state index in [-0.39, 0.29) is 5.92 Å². The summed E-state index contributed by atoms with van der Waals surface area (Å²) in [6.07, 6.45) is 3.24. The van der Waals surface area contributed by atoms with Gasteiger partial charge < -0.3 is 19.1 Å². The Labute approximate surface area is 172 Å². The fourth-order valence-electron chi connectivity index (χ4n) is 4.71. The minimum Gasteiger partial charge on any atom is -0.497 e. The molecule has 2 heterocycles. The molecule has 2 atom stereocenters. The number of nitriles is 1. The van der Waals surface area contributed by atoms with Crippen molar-refractivity contribution < 1.29 is 14.2 Å². The quantitative estimate of drug-likeness (QED) is 0.747. The molecule has 2 aromatic carbocycles. The van der Waals surface area contributed by atoms with E-state index >= 15 is 0 Å². The van der Waals surface area contributed by atoms with Crippen LogP contribution >= 0.6 is 0 Å². The van der Waals surface area contributed by atoms with Gasteiger partial charge in [0, 0.05) is 24.1 Å². The number of fused-ring (bicyclic) bond motifs is 1. The summed E-state index contributed by atoms with van der Waals surface area (Å²) in [5.41, 5.74) is 4.00. The molecule has 5 nitrogen and oxygen atoms in total. The van der Waals surface area contributed by atoms with E-state index in [0.29, 0.717) is 17.5 Å². The van der Waals surface area contributed by atoms with Crippen molar-refractivity contribution in [1.82, 2.24) is 4.90 Å². The van der Waals surface area contributed by atoms with Crippen molar-refractivity contribution in [3.05, 3.63) is 59.3 Å². The summed E-state index contributed by atoms with van der Waals surface area (Å²) in [7, 11) is 4.95. The third kappa shape index (κ3) is 3.40. The normalized spacial score (nSPS) is 20.8. The molecule has 2 aliphatic rings. The molecule has 2 aliphatic heterocycles. The molecule has 0 saturated carbocycles. The summed E-state index contributed by atoms with van der Waals surface area (Å²) < 4.78 is 16.4. The molecule has 2 unspecified atom stereocenters. The summed E-state index contributed by atoms with van der Waals surface area (Å²) in [5.74, 6) is 2.31. The summed E-state index contributed by atoms with van der Waals surface area (Å²) in [5, 5.41) is 10.1. The van der Waals surface area contributed by atoms with Crippen LogP contribution in [0.15, 0.2) is 48.2 Å². The Kier molecular flexibility index (Phi) is 5.35. The molecule has 0 radical (unpaired) electrons. The Morgan fingerprint density at radius 2 is 1.83 bits per heavy atom. The van der Waals surface area contributed by atoms with E-state index in [1.807, 2.05) is 30.3 Å². The van der Waals surface area contributed by atoms with E-state index in [4.69, 9.17) is 14.2 Å². The summed E-state index contributed by atoms with van der Waals surface area (Å²) in [4.78, 5) is 2.29. The van der Waals surface area contributed by atoms with Crippen LogP contribution in [0.1, 0.15) is 36.3 Å². The van der Waals surface area contributed by atoms with Crippen LogP contribution in [0, 0.1) is 11.3 Å². The van der Waals surface area contributed by atoms with Crippen LogP contribution in [0.2, 0.25) is 0 Å². The molecule has 0 bridgehead atoms. The van der Waals surface area contributed by atoms with E-state index in [2.05, 4.69) is 23.1 Å². The Bertz CT molecular complexity index is 976. The van der Waals surface area contributed by atoms with E-state index in [1.54, 1.807) is 21.3 Å². The highest BCUT2D eigenvalue weighted by Crippen LogP contribution is 2.48. The van der Waals surface area contributed by atoms with Crippen LogP contribution in [0.4, 0.5) is 0 Å². The predicted octanol–water partition coefficient (Wildman–Crippen LogP) is 4.60. The van der Waals surface area contributed by atoms with Gasteiger partial charge in [-0.1, -0.05) is 18.2 Å². The second kappa shape index (κ2) is 8.08. The standard InChI is InChI=1S/C24H26N2O3/c1-27-19-8-4-6-16(12-19)20-14-18-7-5-11-26(18)21(15-25)24(20)17-9-10-22(28-2)23(13-17)29-3/h4,6,8-10,12-13,18,20H,5,7,11,14H2,1-3H3. The topological polar surface area (TPSA) is 54.7 Å². The zero-order valence-electron chi connectivity index (χ0n) is 17.1. The molecule has 2 aromatic rings. The van der Waals surface area contributed by atoms with E-state index < -0.39 is 0 Å². The van der Waals surface area contributed by atoms with Gasteiger partial charge in [0.25, 0.3) is 0 Å². The van der Waals surface area contributed by atoms with Crippen molar-refractivity contribution in [1.29, 1.82) is 5.26 Å². The van der Waals surface area contributed by atoms with Crippen LogP contribution in [-0.2, 0) is 0 Å². The maximum absolute atomic E-state index is 10.1. The third-order valence-corrected chi connectivity index (χ3v) is 6.07. The average Bonchev–Trinajstić information content (AvgIpc) is 3.25. The lowest BCUT2D eigenvalue weighted by Gasteiger charge is -2.38. The van der Waals surface area contributed by atoms with Crippen LogP contribution < -0.4 is 14.2 Å². The number of allylic oxidation sites excluding steroid dienone is 2. The Hall–Kier alpha value is -3.13. The predicted molar refractivity (Wildman–Crippen MR) is 112 cm³/mol. The number of hydrogen-bond acceptors (Lipinski definition) is 5. The minimum absolute atomic E-state index is 0.122. The highest BCUT2D eigenvalue weighted by Gasteiger charge is 2.38. The summed E-state index contributed by atoms with van der Waals surface area (Å²) in [6, 6.07) is 17.0. The molecule has 0 N–H and O–H groups in total. The second-order valence-corrected chi connectivity index (χ2v) is 7.50. The first-order chi connectivity index (χ1) is 14.2. The lowest BCUT2D eigenvalue weighted by Crippen LogP contribution is -2.35. The molecule has 29 heavy (non-hydrogen) atoms. The first kappa shape index (κ1) is 19.2. The van der Waals surface area contributed by atoms with Gasteiger partial charge >= 0.3 is 0 Å². The lowest BCUT2D eigenvalue weighted by molar-refractivity contribution is 0.293. The van der Waals surface area contributed by atoms with Crippen LogP contribution in [0.25, 0.3) is 5.57 Å². The first-order valence-corrected chi connectivity index (χ1v) is 9.97. The number of methoxy groups -OCH3 is 3. The van der Waals surface area contributed by atoms with E-state index in [9.17, 15) is 5.26 Å². The van der Waals surface area contributed by atoms with Gasteiger partial charge in [-0.25, -0.2) is 0 Å². The van der Waals surface area contributed by atoms with Gasteiger partial charge in [0.05, 0.1) is 21.3 Å². The zero-order chi connectivity index (χ0) is 20.4. The first-order valence-electron chi connectivity index (χ1n) is 9.97. The van der Waals surface area contributed by atoms with Crippen molar-refractivity contribution >= 4 is 5.57 Å². The van der Waals surface area contributed by atoms with Gasteiger partial charge in [0.1, 0.15) is 17.5 Å². The van der Waals surface area contributed by atoms with Crippen LogP contribution in [0.5, 0.6) is 17.2 Å². The minimum atomic E-state index is 0.122. The van der Waals surface area contributed by atoms with Crippen molar-refractivity contribution in [3.63, 3.8) is 0 Å². The maximum Gasteiger partial charge on any atom is 0.161 e. The van der Waals surface area contributed by atoms with Crippen LogP contribution in [0.3, 0.4) is 0 Å². The number of rotatable bonds is 5. The van der Waals surface area contributed by atoms with E-state index in [0.717, 1.165) is 48.4 Å². The molecular formula is C24H26N2O3. The lowest BCUT2D eigenvalue weighted by atomic mass is 9.78. The molecule has 0 aromatic heterocycles. The number of hydrogen-bond donors (Lipinski definition) is 0. The Morgan fingerprint density at radius 1 is 1.00 bits per heavy atom. The Morgan fingerprint density at radius 3 is 2.55 bits per heavy atom. The molecule has 4 rings (SSSR count). The summed E-state index contributed by atoms with van der Waals surface area (Å²) >= 11 is 0. The van der Waals surface area contributed by atoms with Crippen molar-refractivity contribution in [2.75, 3.05) is 27.9 Å². The van der Waals surface area contributed by atoms with Gasteiger partial charge in [-0.05, 0) is 54.7 Å². The second-order valence-electron chi connectivity index (χ2n) is 7.50. The largest absolute Gasteiger partial charge is 0.497 e. The third-order valence-electron chi connectivity index (χ3n) is 6.07. The Balaban J connectivity index is 1.90. The number of ether oxygens (including phenoxy) is 3. The zero-order valence-corrected chi connectivity index (χ0v) is 17.1. The number of benzene rings is 2. The smallest absolute Gasteiger partial charge is 0.161 e. The molecule has 150 valence electrons. The molecular weight excluding hydrogens is 364 g/mol. The van der Waals surface area contributed by atoms with Gasteiger partial charge in [-0.3, -0.25) is 0 Å². The molecule has 0 spiro atoms. The molecule has 1 fully saturated rings. The monoisotopic (exact) mass is 390 g/mol. The average molecular weight is 390 g/mol. The van der Waals surface area contributed by atoms with Gasteiger partial charge in [0.2, 0.25) is 0 Å². The summed E-state index contributed by atoms with van der Waals surface area (Å²) in [6.45, 7) is 0.940. The van der Waals surface area contributed by atoms with E-state index in [1.165, 1.54) is 5.56 Å². The van der Waals surface area contributed by atoms with Crippen LogP contribution in [-0.4, -0.2) is 38.8 Å². The highest BCUT2D eigenvalue weighted by atomic mass is 16.5. The van der Waals surface area contributed by atoms with Gasteiger partial charge in [-0.2, -0.15) is 5.26 Å². The van der Waals surface area contributed by atoms with Crippen molar-refractivity contribution in [3.8, 4) is 23.3 Å². The van der Waals surface area contributed by atoms with Gasteiger partial charge in [-0.15, -0.1) is 0 Å². The molecule has 1 saturated heterocycles. The fourth-order valence-corrected chi connectivity index (χ4v) is 4.71. The maximum atomic E-state index is 10.1. The SMILES string of the molecule is COc1cccc(C2CC3CCCN3C(C#N)=C2c2ccc(OC)c(OC)c2)c1. The molecule has 0 aliphatic carbocycles. The van der Waals surface area contributed by atoms with Crippen molar-refractivity contribution in [2.45, 2.75) is 31.2 Å². The highest BCUT2D eigenvalue weighted by molar-refractivity contribution is 5.79. The molecule has 5 heteroatoms.